The second-order valence-corrected chi connectivity index (χ2v) is 38.1. The predicted octanol–water partition coefficient (Wildman–Crippen LogP) is 40.5. The molecule has 0 N–H and O–H groups in total. The zero-order valence-electron chi connectivity index (χ0n) is 79.1. The fourth-order valence-corrected chi connectivity index (χ4v) is 23.4. The standard InChI is InChI=1S/2C72H46/c1-5-19-47(20-6-1)51-27-17-29-53(43-51)67-45-69(61-37-35-55(49-23-9-3-10-24-49)57-31-13-15-33-59(57)61)65-42-40-64-68(54-30-18-28-52(44-54)48-21-7-2-8-22-48)46-70(66-41-39-63(67)71(65)72(64)66)62-38-36-56(50-25-11-4-12-26-50)58-32-14-16-34-60(58)62;1-5-17-47(18-6-1)49-29-33-53(34-30-49)67-45-69(61-39-37-55(51-21-9-3-10-22-51)57-25-13-15-27-59(57)61)65-44-42-64-68(54-35-31-50(32-36-54)48-19-7-2-8-20-48)46-70(66-43-41-63(67)71(65)72(64)66)62-40-38-56(52-23-11-4-12-24-52)58-26-14-16-28-60(58)62/h2*1-46H. The molecule has 0 aliphatic rings. The van der Waals surface area contributed by atoms with E-state index in [-0.39, 0.29) is 0 Å². The first-order chi connectivity index (χ1) is 71.5. The molecule has 0 aromatic heterocycles. The van der Waals surface area contributed by atoms with Crippen molar-refractivity contribution >= 4 is 108 Å². The maximum Gasteiger partial charge on any atom is -0.00139 e. The monoisotopic (exact) mass is 1820 g/mol. The first-order valence-corrected chi connectivity index (χ1v) is 50.0. The molecule has 28 aromatic rings. The van der Waals surface area contributed by atoms with Crippen LogP contribution in [-0.4, -0.2) is 0 Å². The molecule has 0 aliphatic carbocycles. The van der Waals surface area contributed by atoms with Gasteiger partial charge in [0.15, 0.2) is 0 Å². The predicted molar refractivity (Wildman–Crippen MR) is 617 cm³/mol. The second kappa shape index (κ2) is 35.9. The summed E-state index contributed by atoms with van der Waals surface area (Å²) < 4.78 is 0. The highest BCUT2D eigenvalue weighted by molar-refractivity contribution is 6.36. The number of fused-ring (bicyclic) bond motifs is 4. The highest BCUT2D eigenvalue weighted by Gasteiger charge is 2.28. The molecule has 0 heterocycles. The summed E-state index contributed by atoms with van der Waals surface area (Å²) in [6.07, 6.45) is 0. The lowest BCUT2D eigenvalue weighted by Gasteiger charge is -2.23. The maximum absolute atomic E-state index is 2.48. The smallest absolute Gasteiger partial charge is 0.00139 e. The molecule has 0 atom stereocenters. The summed E-state index contributed by atoms with van der Waals surface area (Å²) >= 11 is 0. The molecule has 0 radical (unpaired) electrons. The van der Waals surface area contributed by atoms with Crippen molar-refractivity contribution in [2.75, 3.05) is 0 Å². The van der Waals surface area contributed by atoms with Crippen molar-refractivity contribution in [3.8, 4) is 178 Å². The molecule has 0 saturated heterocycles. The van der Waals surface area contributed by atoms with E-state index in [0.717, 1.165) is 0 Å². The minimum Gasteiger partial charge on any atom is -0.0622 e. The first kappa shape index (κ1) is 84.6. The summed E-state index contributed by atoms with van der Waals surface area (Å²) in [5.74, 6) is 0. The van der Waals surface area contributed by atoms with Gasteiger partial charge in [-0.1, -0.05) is 522 Å². The van der Waals surface area contributed by atoms with Gasteiger partial charge in [0.2, 0.25) is 0 Å². The van der Waals surface area contributed by atoms with Crippen LogP contribution < -0.4 is 0 Å². The summed E-state index contributed by atoms with van der Waals surface area (Å²) in [6.45, 7) is 0. The normalized spacial score (nSPS) is 11.6. The molecule has 0 heteroatoms. The molecule has 0 unspecified atom stereocenters. The summed E-state index contributed by atoms with van der Waals surface area (Å²) in [6, 6.07) is 207. The molecular weight excluding hydrogens is 1730 g/mol. The summed E-state index contributed by atoms with van der Waals surface area (Å²) in [4.78, 5) is 0. The van der Waals surface area contributed by atoms with Crippen LogP contribution in [0.2, 0.25) is 0 Å². The highest BCUT2D eigenvalue weighted by atomic mass is 14.3. The zero-order valence-corrected chi connectivity index (χ0v) is 79.1. The third kappa shape index (κ3) is 14.8. The van der Waals surface area contributed by atoms with E-state index in [1.165, 1.54) is 286 Å². The van der Waals surface area contributed by atoms with Crippen molar-refractivity contribution in [2.45, 2.75) is 0 Å². The van der Waals surface area contributed by atoms with Crippen LogP contribution in [0.25, 0.3) is 286 Å². The average Bonchev–Trinajstić information content (AvgIpc) is 0.702. The van der Waals surface area contributed by atoms with E-state index in [2.05, 4.69) is 558 Å². The molecule has 28 aromatic carbocycles. The molecule has 0 nitrogen and oxygen atoms in total. The third-order valence-electron chi connectivity index (χ3n) is 30.2. The molecule has 0 amide bonds. The number of rotatable bonds is 16. The molecule has 28 rings (SSSR count). The van der Waals surface area contributed by atoms with Crippen LogP contribution >= 0.6 is 0 Å². The fourth-order valence-electron chi connectivity index (χ4n) is 23.4. The van der Waals surface area contributed by atoms with Crippen molar-refractivity contribution in [2.24, 2.45) is 0 Å². The van der Waals surface area contributed by atoms with Gasteiger partial charge in [-0.25, -0.2) is 0 Å². The highest BCUT2D eigenvalue weighted by Crippen LogP contribution is 2.56. The fraction of sp³-hybridized carbons (Fsp3) is 0. The maximum atomic E-state index is 2.48. The largest absolute Gasteiger partial charge is 0.0622 e. The van der Waals surface area contributed by atoms with Gasteiger partial charge < -0.3 is 0 Å². The SMILES string of the molecule is c1ccc(-c2ccc(-c3cc(-c4ccc(-c5ccccc5)c5ccccc45)c4ccc5c(-c6ccc(-c7ccccc7)cc6)cc(-c6ccc(-c7ccccc7)c7ccccc67)c6ccc3c4c56)cc2)cc1.c1ccc(-c2cccc(-c3cc(-c4ccc(-c5ccccc5)c5ccccc45)c4ccc5c(-c6cccc(-c7ccccc7)c6)cc(-c6ccc(-c7ccccc7)c7ccccc67)c6ccc3c4c56)c2)cc1. The van der Waals surface area contributed by atoms with Crippen molar-refractivity contribution < 1.29 is 0 Å². The van der Waals surface area contributed by atoms with Gasteiger partial charge >= 0.3 is 0 Å². The third-order valence-corrected chi connectivity index (χ3v) is 30.2. The van der Waals surface area contributed by atoms with Gasteiger partial charge in [0, 0.05) is 0 Å². The Kier molecular flexibility index (Phi) is 21.1. The summed E-state index contributed by atoms with van der Waals surface area (Å²) in [5.41, 5.74) is 38.9. The lowest BCUT2D eigenvalue weighted by Crippen LogP contribution is -1.96. The van der Waals surface area contributed by atoms with Crippen molar-refractivity contribution in [3.05, 3.63) is 558 Å². The Morgan fingerprint density at radius 3 is 0.438 bits per heavy atom. The number of hydrogen-bond donors (Lipinski definition) is 0. The molecule has 0 bridgehead atoms. The van der Waals surface area contributed by atoms with E-state index < -0.39 is 0 Å². The van der Waals surface area contributed by atoms with Crippen molar-refractivity contribution in [1.82, 2.24) is 0 Å². The summed E-state index contributed by atoms with van der Waals surface area (Å²) in [7, 11) is 0. The molecule has 0 spiro atoms. The number of benzene rings is 28. The van der Waals surface area contributed by atoms with E-state index in [9.17, 15) is 0 Å². The Morgan fingerprint density at radius 1 is 0.0625 bits per heavy atom. The van der Waals surface area contributed by atoms with E-state index in [0.29, 0.717) is 0 Å². The molecule has 0 fully saturated rings. The zero-order chi connectivity index (χ0) is 95.1. The second-order valence-electron chi connectivity index (χ2n) is 38.1. The molecule has 0 aliphatic heterocycles. The van der Waals surface area contributed by atoms with Crippen LogP contribution in [-0.2, 0) is 0 Å². The summed E-state index contributed by atoms with van der Waals surface area (Å²) in [5, 5.41) is 25.0. The van der Waals surface area contributed by atoms with Gasteiger partial charge in [-0.2, -0.15) is 0 Å². The molecule has 668 valence electrons. The van der Waals surface area contributed by atoms with E-state index in [1.807, 2.05) is 0 Å². The van der Waals surface area contributed by atoms with Crippen LogP contribution in [0.15, 0.2) is 558 Å². The Labute approximate surface area is 837 Å². The molecular formula is C144H92. The average molecular weight is 1820 g/mol. The van der Waals surface area contributed by atoms with E-state index in [4.69, 9.17) is 0 Å². The minimum atomic E-state index is 1.19. The van der Waals surface area contributed by atoms with Crippen LogP contribution in [0.4, 0.5) is 0 Å². The van der Waals surface area contributed by atoms with E-state index >= 15 is 0 Å². The van der Waals surface area contributed by atoms with Gasteiger partial charge in [-0.05, 0) is 322 Å². The Hall–Kier alpha value is -18.7. The van der Waals surface area contributed by atoms with Gasteiger partial charge in [0.1, 0.15) is 0 Å². The lowest BCUT2D eigenvalue weighted by atomic mass is 9.80. The molecule has 144 heavy (non-hydrogen) atoms. The van der Waals surface area contributed by atoms with Gasteiger partial charge in [0.05, 0.1) is 0 Å². The van der Waals surface area contributed by atoms with Gasteiger partial charge in [0.25, 0.3) is 0 Å². The number of hydrogen-bond acceptors (Lipinski definition) is 0. The minimum absolute atomic E-state index is 1.19. The van der Waals surface area contributed by atoms with Crippen LogP contribution in [0.1, 0.15) is 0 Å². The van der Waals surface area contributed by atoms with Crippen molar-refractivity contribution in [3.63, 3.8) is 0 Å². The van der Waals surface area contributed by atoms with Crippen LogP contribution in [0, 0.1) is 0 Å². The Morgan fingerprint density at radius 2 is 0.208 bits per heavy atom. The van der Waals surface area contributed by atoms with E-state index in [1.54, 1.807) is 0 Å². The first-order valence-electron chi connectivity index (χ1n) is 50.0. The topological polar surface area (TPSA) is 0 Å². The van der Waals surface area contributed by atoms with Crippen molar-refractivity contribution in [1.29, 1.82) is 0 Å². The lowest BCUT2D eigenvalue weighted by molar-refractivity contribution is 1.60. The Balaban J connectivity index is 0.000000143. The van der Waals surface area contributed by atoms with Gasteiger partial charge in [-0.3, -0.25) is 0 Å². The Bertz CT molecular complexity index is 9210. The quantitative estimate of drug-likeness (QED) is 0.0846. The van der Waals surface area contributed by atoms with Crippen LogP contribution in [0.3, 0.4) is 0 Å². The molecule has 0 saturated carbocycles. The van der Waals surface area contributed by atoms with Crippen LogP contribution in [0.5, 0.6) is 0 Å². The van der Waals surface area contributed by atoms with Gasteiger partial charge in [-0.15, -0.1) is 0 Å².